The fourth-order valence-electron chi connectivity index (χ4n) is 1.90. The van der Waals surface area contributed by atoms with Crippen LogP contribution in [0.4, 0.5) is 0 Å². The third kappa shape index (κ3) is 2.72. The molecule has 0 aliphatic carbocycles. The smallest absolute Gasteiger partial charge is 0.258 e. The summed E-state index contributed by atoms with van der Waals surface area (Å²) in [5.74, 6) is 0.0946. The van der Waals surface area contributed by atoms with Crippen molar-refractivity contribution in [1.29, 1.82) is 0 Å². The summed E-state index contributed by atoms with van der Waals surface area (Å²) in [6, 6.07) is 0. The van der Waals surface area contributed by atoms with Gasteiger partial charge in [-0.3, -0.25) is 4.79 Å². The first kappa shape index (κ1) is 14.7. The second-order valence-electron chi connectivity index (χ2n) is 4.82. The van der Waals surface area contributed by atoms with Crippen LogP contribution in [0.3, 0.4) is 0 Å². The van der Waals surface area contributed by atoms with Crippen molar-refractivity contribution in [1.82, 2.24) is 9.97 Å². The van der Waals surface area contributed by atoms with Gasteiger partial charge in [-0.15, -0.1) is 0 Å². The summed E-state index contributed by atoms with van der Waals surface area (Å²) in [6.07, 6.45) is 0.657. The molecule has 0 aliphatic rings. The average Bonchev–Trinajstić information content (AvgIpc) is 2.27. The zero-order chi connectivity index (χ0) is 13.9. The second kappa shape index (κ2) is 5.52. The molecule has 0 aromatic carbocycles. The Bertz CT molecular complexity index is 468. The monoisotopic (exact) mass is 254 g/mol. The second-order valence-corrected chi connectivity index (χ2v) is 4.82. The number of hydrogen-bond donors (Lipinski definition) is 2. The summed E-state index contributed by atoms with van der Waals surface area (Å²) in [4.78, 5) is 18.8. The molecule has 2 N–H and O–H groups in total. The number of ether oxygens (including phenoxy) is 1. The van der Waals surface area contributed by atoms with Gasteiger partial charge in [0.15, 0.2) is 0 Å². The van der Waals surface area contributed by atoms with E-state index in [0.717, 1.165) is 0 Å². The first-order chi connectivity index (χ1) is 8.35. The minimum atomic E-state index is -0.680. The summed E-state index contributed by atoms with van der Waals surface area (Å²) >= 11 is 0. The molecule has 0 radical (unpaired) electrons. The number of nitrogens with zero attached hydrogens (tertiary/aromatic N) is 1. The van der Waals surface area contributed by atoms with Gasteiger partial charge in [0, 0.05) is 6.61 Å². The van der Waals surface area contributed by atoms with Crippen molar-refractivity contribution >= 4 is 0 Å². The van der Waals surface area contributed by atoms with Crippen molar-refractivity contribution in [3.63, 3.8) is 0 Å². The predicted octanol–water partition coefficient (Wildman–Crippen LogP) is 2.26. The van der Waals surface area contributed by atoms with E-state index >= 15 is 0 Å². The Morgan fingerprint density at radius 3 is 2.44 bits per heavy atom. The lowest BCUT2D eigenvalue weighted by Gasteiger charge is -2.27. The minimum absolute atomic E-state index is 0.0738. The Labute approximate surface area is 107 Å². The molecule has 1 aromatic rings. The summed E-state index contributed by atoms with van der Waals surface area (Å²) in [6.45, 7) is 9.88. The standard InChI is InChI=1S/C13H22N2O3/c1-6-13(5,18-7-2)12-14-10(16)9(8(3)4)11(17)15-12/h8H,6-7H2,1-5H3,(H2,14,15,16,17). The number of aromatic amines is 1. The van der Waals surface area contributed by atoms with Gasteiger partial charge >= 0.3 is 0 Å². The van der Waals surface area contributed by atoms with E-state index in [1.54, 1.807) is 0 Å². The van der Waals surface area contributed by atoms with Crippen LogP contribution in [0.1, 0.15) is 58.3 Å². The fourth-order valence-corrected chi connectivity index (χ4v) is 1.90. The molecule has 1 heterocycles. The summed E-state index contributed by atoms with van der Waals surface area (Å²) in [7, 11) is 0. The van der Waals surface area contributed by atoms with Gasteiger partial charge in [-0.25, -0.2) is 0 Å². The summed E-state index contributed by atoms with van der Waals surface area (Å²) < 4.78 is 5.63. The summed E-state index contributed by atoms with van der Waals surface area (Å²) in [5.41, 5.74) is -0.665. The van der Waals surface area contributed by atoms with Crippen LogP contribution in [0.15, 0.2) is 4.79 Å². The highest BCUT2D eigenvalue weighted by atomic mass is 16.5. The highest BCUT2D eigenvalue weighted by Gasteiger charge is 2.29. The first-order valence-corrected chi connectivity index (χ1v) is 6.33. The first-order valence-electron chi connectivity index (χ1n) is 6.33. The normalized spacial score (nSPS) is 14.8. The predicted molar refractivity (Wildman–Crippen MR) is 69.9 cm³/mol. The van der Waals surface area contributed by atoms with Crippen molar-refractivity contribution in [2.75, 3.05) is 6.61 Å². The van der Waals surface area contributed by atoms with E-state index in [0.29, 0.717) is 24.4 Å². The third-order valence-corrected chi connectivity index (χ3v) is 3.15. The molecule has 0 saturated heterocycles. The van der Waals surface area contributed by atoms with E-state index < -0.39 is 5.60 Å². The quantitative estimate of drug-likeness (QED) is 0.845. The molecular weight excluding hydrogens is 232 g/mol. The molecule has 5 nitrogen and oxygen atoms in total. The molecule has 0 spiro atoms. The highest BCUT2D eigenvalue weighted by molar-refractivity contribution is 5.26. The molecule has 0 bridgehead atoms. The summed E-state index contributed by atoms with van der Waals surface area (Å²) in [5, 5.41) is 9.88. The lowest BCUT2D eigenvalue weighted by Crippen LogP contribution is -2.31. The maximum Gasteiger partial charge on any atom is 0.258 e. The van der Waals surface area contributed by atoms with Crippen LogP contribution < -0.4 is 5.56 Å². The highest BCUT2D eigenvalue weighted by Crippen LogP contribution is 2.28. The molecule has 0 aliphatic heterocycles. The van der Waals surface area contributed by atoms with Crippen molar-refractivity contribution in [3.8, 4) is 5.88 Å². The lowest BCUT2D eigenvalue weighted by atomic mass is 10.0. The Morgan fingerprint density at radius 1 is 1.44 bits per heavy atom. The zero-order valence-electron chi connectivity index (χ0n) is 11.7. The van der Waals surface area contributed by atoms with Crippen LogP contribution in [-0.4, -0.2) is 21.7 Å². The van der Waals surface area contributed by atoms with E-state index in [9.17, 15) is 9.90 Å². The Kier molecular flexibility index (Phi) is 4.51. The number of H-pyrrole nitrogens is 1. The SMILES string of the molecule is CCOC(C)(CC)c1nc(O)c(C(C)C)c(=O)[nH]1. The van der Waals surface area contributed by atoms with E-state index in [1.165, 1.54) is 0 Å². The van der Waals surface area contributed by atoms with Crippen molar-refractivity contribution in [3.05, 3.63) is 21.7 Å². The fraction of sp³-hybridized carbons (Fsp3) is 0.692. The largest absolute Gasteiger partial charge is 0.493 e. The van der Waals surface area contributed by atoms with Gasteiger partial charge in [0.05, 0.1) is 5.56 Å². The molecule has 5 heteroatoms. The molecule has 1 unspecified atom stereocenters. The van der Waals surface area contributed by atoms with Gasteiger partial charge in [0.25, 0.3) is 5.56 Å². The molecular formula is C13H22N2O3. The van der Waals surface area contributed by atoms with Crippen molar-refractivity contribution in [2.45, 2.75) is 52.6 Å². The molecule has 0 amide bonds. The molecule has 1 atom stereocenters. The number of aromatic nitrogens is 2. The van der Waals surface area contributed by atoms with Crippen molar-refractivity contribution in [2.24, 2.45) is 0 Å². The van der Waals surface area contributed by atoms with Gasteiger partial charge in [-0.2, -0.15) is 4.98 Å². The number of rotatable bonds is 5. The van der Waals surface area contributed by atoms with Gasteiger partial charge in [-0.05, 0) is 26.2 Å². The number of hydrogen-bond acceptors (Lipinski definition) is 4. The maximum absolute atomic E-state index is 12.0. The van der Waals surface area contributed by atoms with E-state index in [2.05, 4.69) is 9.97 Å². The molecule has 1 aromatic heterocycles. The van der Waals surface area contributed by atoms with Crippen LogP contribution in [-0.2, 0) is 10.3 Å². The Morgan fingerprint density at radius 2 is 2.06 bits per heavy atom. The Balaban J connectivity index is 3.33. The minimum Gasteiger partial charge on any atom is -0.493 e. The van der Waals surface area contributed by atoms with Gasteiger partial charge in [0.1, 0.15) is 11.4 Å². The molecule has 1 rings (SSSR count). The lowest BCUT2D eigenvalue weighted by molar-refractivity contribution is -0.0396. The molecule has 18 heavy (non-hydrogen) atoms. The zero-order valence-corrected chi connectivity index (χ0v) is 11.7. The molecule has 0 saturated carbocycles. The van der Waals surface area contributed by atoms with Crippen LogP contribution in [0.2, 0.25) is 0 Å². The Hall–Kier alpha value is -1.36. The van der Waals surface area contributed by atoms with Gasteiger partial charge in [-0.1, -0.05) is 20.8 Å². The van der Waals surface area contributed by atoms with Crippen LogP contribution >= 0.6 is 0 Å². The number of nitrogens with one attached hydrogen (secondary N) is 1. The average molecular weight is 254 g/mol. The third-order valence-electron chi connectivity index (χ3n) is 3.15. The van der Waals surface area contributed by atoms with Gasteiger partial charge in [0.2, 0.25) is 5.88 Å². The van der Waals surface area contributed by atoms with Gasteiger partial charge < -0.3 is 14.8 Å². The van der Waals surface area contributed by atoms with Crippen LogP contribution in [0, 0.1) is 0 Å². The van der Waals surface area contributed by atoms with E-state index in [4.69, 9.17) is 4.74 Å². The van der Waals surface area contributed by atoms with E-state index in [-0.39, 0.29) is 17.4 Å². The van der Waals surface area contributed by atoms with Crippen LogP contribution in [0.25, 0.3) is 0 Å². The molecule has 102 valence electrons. The maximum atomic E-state index is 12.0. The van der Waals surface area contributed by atoms with Crippen molar-refractivity contribution < 1.29 is 9.84 Å². The topological polar surface area (TPSA) is 75.2 Å². The van der Waals surface area contributed by atoms with Crippen LogP contribution in [0.5, 0.6) is 5.88 Å². The van der Waals surface area contributed by atoms with E-state index in [1.807, 2.05) is 34.6 Å². The molecule has 0 fully saturated rings. The number of aromatic hydroxyl groups is 1.